The van der Waals surface area contributed by atoms with Crippen LogP contribution in [0, 0.1) is 5.92 Å². The first-order valence-electron chi connectivity index (χ1n) is 12.4. The van der Waals surface area contributed by atoms with Gasteiger partial charge in [0.15, 0.2) is 0 Å². The molecule has 0 spiro atoms. The third-order valence-electron chi connectivity index (χ3n) is 6.11. The van der Waals surface area contributed by atoms with E-state index in [4.69, 9.17) is 23.7 Å². The van der Waals surface area contributed by atoms with Gasteiger partial charge in [0.25, 0.3) is 0 Å². The van der Waals surface area contributed by atoms with Crippen LogP contribution in [0.25, 0.3) is 0 Å². The molecule has 9 nitrogen and oxygen atoms in total. The molecule has 1 amide bonds. The van der Waals surface area contributed by atoms with Gasteiger partial charge in [0.1, 0.15) is 18.5 Å². The highest BCUT2D eigenvalue weighted by molar-refractivity contribution is 5.68. The number of hydrogen-bond donors (Lipinski definition) is 2. The number of morpholine rings is 1. The molecule has 1 heterocycles. The first-order valence-corrected chi connectivity index (χ1v) is 12.4. The average molecular weight is 475 g/mol. The number of hydrogen-bond acceptors (Lipinski definition) is 8. The summed E-state index contributed by atoms with van der Waals surface area (Å²) in [7, 11) is 1.62. The monoisotopic (exact) mass is 474 g/mol. The number of ether oxygens (including phenoxy) is 5. The molecule has 194 valence electrons. The number of aliphatic hydroxyl groups excluding tert-OH is 1. The van der Waals surface area contributed by atoms with Gasteiger partial charge in [0.05, 0.1) is 38.6 Å². The van der Waals surface area contributed by atoms with Crippen molar-refractivity contribution in [1.82, 2.24) is 10.2 Å². The second-order valence-corrected chi connectivity index (χ2v) is 10.1. The summed E-state index contributed by atoms with van der Waals surface area (Å²) in [5.74, 6) is 0.481. The normalized spacial score (nSPS) is 21.4. The van der Waals surface area contributed by atoms with Gasteiger partial charge in [0.2, 0.25) is 0 Å². The Labute approximate surface area is 199 Å². The summed E-state index contributed by atoms with van der Waals surface area (Å²) in [5, 5.41) is 14.3. The molecule has 0 aromatic rings. The Hall–Kier alpha value is -0.970. The van der Waals surface area contributed by atoms with E-state index in [2.05, 4.69) is 10.2 Å². The van der Waals surface area contributed by atoms with Crippen molar-refractivity contribution in [2.45, 2.75) is 83.1 Å². The van der Waals surface area contributed by atoms with Gasteiger partial charge >= 0.3 is 6.09 Å². The van der Waals surface area contributed by atoms with E-state index in [0.29, 0.717) is 38.9 Å². The van der Waals surface area contributed by atoms with Crippen LogP contribution in [0.15, 0.2) is 0 Å². The lowest BCUT2D eigenvalue weighted by molar-refractivity contribution is -0.146. The van der Waals surface area contributed by atoms with Crippen LogP contribution in [0.3, 0.4) is 0 Å². The molecule has 0 aromatic carbocycles. The van der Waals surface area contributed by atoms with E-state index in [-0.39, 0.29) is 12.8 Å². The highest BCUT2D eigenvalue weighted by Gasteiger charge is 2.35. The Kier molecular flexibility index (Phi) is 12.9. The summed E-state index contributed by atoms with van der Waals surface area (Å²) in [6.07, 6.45) is 4.75. The van der Waals surface area contributed by atoms with Crippen molar-refractivity contribution in [2.75, 3.05) is 60.0 Å². The molecule has 33 heavy (non-hydrogen) atoms. The summed E-state index contributed by atoms with van der Waals surface area (Å²) in [4.78, 5) is 14.9. The van der Waals surface area contributed by atoms with Gasteiger partial charge < -0.3 is 34.1 Å². The summed E-state index contributed by atoms with van der Waals surface area (Å²) < 4.78 is 27.6. The number of carbonyl (C=O) groups is 1. The maximum atomic E-state index is 12.7. The Morgan fingerprint density at radius 2 is 1.85 bits per heavy atom. The molecular formula is C24H46N2O7. The Morgan fingerprint density at radius 1 is 1.15 bits per heavy atom. The van der Waals surface area contributed by atoms with Gasteiger partial charge in [-0.25, -0.2) is 4.79 Å². The number of rotatable bonds is 13. The van der Waals surface area contributed by atoms with Gasteiger partial charge in [0, 0.05) is 26.7 Å². The van der Waals surface area contributed by atoms with Gasteiger partial charge in [-0.2, -0.15) is 0 Å². The summed E-state index contributed by atoms with van der Waals surface area (Å²) in [5.41, 5.74) is -0.606. The van der Waals surface area contributed by atoms with Gasteiger partial charge in [-0.1, -0.05) is 32.1 Å². The van der Waals surface area contributed by atoms with Crippen LogP contribution >= 0.6 is 0 Å². The van der Waals surface area contributed by atoms with Gasteiger partial charge in [-0.3, -0.25) is 4.90 Å². The van der Waals surface area contributed by atoms with Gasteiger partial charge in [-0.05, 0) is 33.1 Å². The van der Waals surface area contributed by atoms with Crippen molar-refractivity contribution in [3.05, 3.63) is 0 Å². The molecule has 9 heteroatoms. The Bertz CT molecular complexity index is 531. The molecule has 1 saturated heterocycles. The number of alkyl carbamates (subject to hydrolysis) is 1. The molecule has 0 radical (unpaired) electrons. The zero-order chi connectivity index (χ0) is 24.1. The molecular weight excluding hydrogens is 428 g/mol. The fourth-order valence-corrected chi connectivity index (χ4v) is 4.49. The summed E-state index contributed by atoms with van der Waals surface area (Å²) >= 11 is 0. The van der Waals surface area contributed by atoms with Gasteiger partial charge in [-0.15, -0.1) is 0 Å². The first-order chi connectivity index (χ1) is 15.8. The molecule has 2 aliphatic rings. The van der Waals surface area contributed by atoms with Crippen LogP contribution < -0.4 is 5.32 Å². The van der Waals surface area contributed by atoms with Crippen molar-refractivity contribution in [1.29, 1.82) is 0 Å². The minimum atomic E-state index is -0.794. The third kappa shape index (κ3) is 11.8. The smallest absolute Gasteiger partial charge is 0.407 e. The Balaban J connectivity index is 2.10. The van der Waals surface area contributed by atoms with Crippen LogP contribution in [-0.4, -0.2) is 99.9 Å². The second kappa shape index (κ2) is 15.1. The van der Waals surface area contributed by atoms with Crippen LogP contribution in [0.1, 0.15) is 59.3 Å². The molecule has 2 rings (SSSR count). The van der Waals surface area contributed by atoms with E-state index in [9.17, 15) is 9.90 Å². The fraction of sp³-hybridized carbons (Fsp3) is 0.958. The minimum absolute atomic E-state index is 0.0192. The lowest BCUT2D eigenvalue weighted by atomic mass is 9.83. The van der Waals surface area contributed by atoms with Crippen molar-refractivity contribution in [2.24, 2.45) is 5.92 Å². The van der Waals surface area contributed by atoms with E-state index in [1.165, 1.54) is 19.3 Å². The first kappa shape index (κ1) is 28.3. The number of carbonyl (C=O) groups excluding carboxylic acids is 1. The number of methoxy groups -OCH3 is 1. The van der Waals surface area contributed by atoms with Crippen molar-refractivity contribution < 1.29 is 33.6 Å². The predicted molar refractivity (Wildman–Crippen MR) is 125 cm³/mol. The standard InChI is InChI=1S/C24H46N2O7/c1-24(2,3)33-23(28)25-20(16-19-8-6-5-7-9-19)22(32-18-31-15-14-29-4)21(27)17-26-10-12-30-13-11-26/h19-22,27H,5-18H2,1-4H3,(H,25,28)/t20-,21-,22+/m0/s1. The fourth-order valence-electron chi connectivity index (χ4n) is 4.49. The number of amides is 1. The molecule has 2 fully saturated rings. The van der Waals surface area contributed by atoms with Crippen molar-refractivity contribution in [3.63, 3.8) is 0 Å². The van der Waals surface area contributed by atoms with Crippen LogP contribution in [0.5, 0.6) is 0 Å². The highest BCUT2D eigenvalue weighted by Crippen LogP contribution is 2.29. The molecule has 0 bridgehead atoms. The van der Waals surface area contributed by atoms with E-state index in [1.54, 1.807) is 7.11 Å². The number of β-amino-alcohol motifs (C(OH)–C–C–N with tert-alkyl or cyclic N) is 1. The zero-order valence-corrected chi connectivity index (χ0v) is 21.1. The number of nitrogens with one attached hydrogen (secondary N) is 1. The van der Waals surface area contributed by atoms with Crippen molar-refractivity contribution >= 4 is 6.09 Å². The second-order valence-electron chi connectivity index (χ2n) is 10.1. The van der Waals surface area contributed by atoms with Crippen LogP contribution in [0.2, 0.25) is 0 Å². The van der Waals surface area contributed by atoms with E-state index in [0.717, 1.165) is 32.4 Å². The van der Waals surface area contributed by atoms with Crippen LogP contribution in [-0.2, 0) is 23.7 Å². The zero-order valence-electron chi connectivity index (χ0n) is 21.1. The van der Waals surface area contributed by atoms with Crippen molar-refractivity contribution in [3.8, 4) is 0 Å². The highest BCUT2D eigenvalue weighted by atomic mass is 16.7. The lowest BCUT2D eigenvalue weighted by Crippen LogP contribution is -2.55. The maximum Gasteiger partial charge on any atom is 0.407 e. The topological polar surface area (TPSA) is 98.7 Å². The quantitative estimate of drug-likeness (QED) is 0.310. The third-order valence-corrected chi connectivity index (χ3v) is 6.11. The lowest BCUT2D eigenvalue weighted by Gasteiger charge is -2.37. The maximum absolute atomic E-state index is 12.7. The molecule has 3 atom stereocenters. The summed E-state index contributed by atoms with van der Waals surface area (Å²) in [6, 6.07) is -0.384. The molecule has 1 aliphatic heterocycles. The molecule has 0 aromatic heterocycles. The molecule has 2 N–H and O–H groups in total. The van der Waals surface area contributed by atoms with Crippen LogP contribution in [0.4, 0.5) is 4.79 Å². The van der Waals surface area contributed by atoms with E-state index >= 15 is 0 Å². The number of aliphatic hydroxyl groups is 1. The molecule has 0 unspecified atom stereocenters. The summed E-state index contributed by atoms with van der Waals surface area (Å²) in [6.45, 7) is 9.69. The van der Waals surface area contributed by atoms with E-state index < -0.39 is 23.9 Å². The molecule has 1 saturated carbocycles. The largest absolute Gasteiger partial charge is 0.444 e. The SMILES string of the molecule is COCCOCO[C@H]([C@H](CC1CCCCC1)NC(=O)OC(C)(C)C)[C@@H](O)CN1CCOCC1. The molecule has 1 aliphatic carbocycles. The van der Waals surface area contributed by atoms with E-state index in [1.807, 2.05) is 20.8 Å². The predicted octanol–water partition coefficient (Wildman–Crippen LogP) is 2.55. The average Bonchev–Trinajstić information content (AvgIpc) is 2.76. The number of nitrogens with zero attached hydrogens (tertiary/aromatic N) is 1. The Morgan fingerprint density at radius 3 is 2.48 bits per heavy atom. The minimum Gasteiger partial charge on any atom is -0.444 e.